The fourth-order valence-corrected chi connectivity index (χ4v) is 2.89. The second-order valence-electron chi connectivity index (χ2n) is 7.67. The van der Waals surface area contributed by atoms with Crippen molar-refractivity contribution >= 4 is 29.4 Å². The molecule has 0 radical (unpaired) electrons. The van der Waals surface area contributed by atoms with Gasteiger partial charge in [0.15, 0.2) is 5.82 Å². The van der Waals surface area contributed by atoms with Crippen LogP contribution in [0.2, 0.25) is 0 Å². The lowest BCUT2D eigenvalue weighted by Gasteiger charge is -2.11. The molecule has 3 heterocycles. The summed E-state index contributed by atoms with van der Waals surface area (Å²) in [4.78, 5) is 16.8. The van der Waals surface area contributed by atoms with E-state index in [4.69, 9.17) is 9.26 Å². The Morgan fingerprint density at radius 3 is 2.85 bits per heavy atom. The van der Waals surface area contributed by atoms with Gasteiger partial charge in [-0.1, -0.05) is 16.3 Å². The minimum Gasteiger partial charge on any atom is -0.491 e. The number of ether oxygens (including phenoxy) is 1. The van der Waals surface area contributed by atoms with Crippen LogP contribution in [0.25, 0.3) is 11.5 Å². The molecule has 27 heavy (non-hydrogen) atoms. The zero-order chi connectivity index (χ0) is 19.2. The van der Waals surface area contributed by atoms with Crippen LogP contribution in [0.15, 0.2) is 35.1 Å². The molecule has 134 valence electrons. The van der Waals surface area contributed by atoms with Crippen LogP contribution in [0.1, 0.15) is 27.8 Å². The molecule has 8 nitrogen and oxygen atoms in total. The lowest BCUT2D eigenvalue weighted by molar-refractivity contribution is 0.0930. The fraction of sp³-hybridized carbons (Fsp3) is 0.250. The summed E-state index contributed by atoms with van der Waals surface area (Å²) in [6.07, 6.45) is 3.22. The van der Waals surface area contributed by atoms with Crippen molar-refractivity contribution in [1.82, 2.24) is 25.2 Å². The van der Waals surface area contributed by atoms with Crippen LogP contribution in [-0.4, -0.2) is 56.0 Å². The summed E-state index contributed by atoms with van der Waals surface area (Å²) in [7, 11) is 7.86. The zero-order valence-electron chi connectivity index (χ0n) is 15.7. The molecule has 1 amide bonds. The Bertz CT molecular complexity index is 1010. The third kappa shape index (κ3) is 3.37. The number of hydrogen-bond acceptors (Lipinski definition) is 6. The Morgan fingerprint density at radius 2 is 2.19 bits per heavy atom. The molecule has 11 heteroatoms. The van der Waals surface area contributed by atoms with E-state index in [0.717, 1.165) is 11.1 Å². The average Bonchev–Trinajstić information content (AvgIpc) is 3.33. The van der Waals surface area contributed by atoms with Crippen LogP contribution in [0.4, 0.5) is 0 Å². The molecule has 0 spiro atoms. The molecule has 0 aliphatic carbocycles. The zero-order valence-corrected chi connectivity index (χ0v) is 15.7. The maximum Gasteiger partial charge on any atom is 0.257 e. The average molecular weight is 361 g/mol. The summed E-state index contributed by atoms with van der Waals surface area (Å²) in [6, 6.07) is 5.48. The Hall–Kier alpha value is -2.97. The normalized spacial score (nSPS) is 16.0. The predicted molar refractivity (Wildman–Crippen MR) is 106 cm³/mol. The summed E-state index contributed by atoms with van der Waals surface area (Å²) in [5.41, 5.74) is 2.23. The van der Waals surface area contributed by atoms with Gasteiger partial charge in [-0.05, 0) is 12.1 Å². The number of carbonyl (C=O) groups is 1. The number of fused-ring (bicyclic) bond motifs is 1. The number of nitrogens with zero attached hydrogens (tertiary/aromatic N) is 4. The minimum absolute atomic E-state index is 0.180. The molecule has 0 unspecified atom stereocenters. The highest BCUT2D eigenvalue weighted by molar-refractivity contribution is 6.58. The van der Waals surface area contributed by atoms with Crippen molar-refractivity contribution < 1.29 is 14.1 Å². The lowest BCUT2D eigenvalue weighted by atomic mass is 9.42. The Morgan fingerprint density at radius 1 is 1.37 bits per heavy atom. The van der Waals surface area contributed by atoms with Gasteiger partial charge in [-0.2, -0.15) is 10.1 Å². The van der Waals surface area contributed by atoms with E-state index < -0.39 is 0 Å². The quantitative estimate of drug-likeness (QED) is 0.560. The summed E-state index contributed by atoms with van der Waals surface area (Å²) in [5.74, 6) is 1.63. The molecule has 0 saturated carbocycles. The van der Waals surface area contributed by atoms with E-state index in [0.29, 0.717) is 29.6 Å². The van der Waals surface area contributed by atoms with Crippen molar-refractivity contribution in [2.24, 2.45) is 7.05 Å². The smallest absolute Gasteiger partial charge is 0.257 e. The van der Waals surface area contributed by atoms with Crippen LogP contribution in [0, 0.1) is 0 Å². The van der Waals surface area contributed by atoms with Crippen LogP contribution in [0.3, 0.4) is 0 Å². The summed E-state index contributed by atoms with van der Waals surface area (Å²) in [5, 5.41) is 10.9. The Balaban J connectivity index is 1.54. The van der Waals surface area contributed by atoms with Crippen LogP contribution in [-0.2, 0) is 12.2 Å². The maximum absolute atomic E-state index is 12.4. The van der Waals surface area contributed by atoms with Gasteiger partial charge >= 0.3 is 0 Å². The largest absolute Gasteiger partial charge is 0.491 e. The van der Waals surface area contributed by atoms with Crippen molar-refractivity contribution in [2.75, 3.05) is 6.61 Å². The molecule has 1 atom stereocenters. The van der Waals surface area contributed by atoms with Gasteiger partial charge in [-0.3, -0.25) is 9.48 Å². The number of amides is 1. The third-order valence-electron chi connectivity index (χ3n) is 4.41. The lowest BCUT2D eigenvalue weighted by Crippen LogP contribution is -2.29. The van der Waals surface area contributed by atoms with Gasteiger partial charge in [-0.15, -0.1) is 0 Å². The van der Waals surface area contributed by atoms with Crippen LogP contribution >= 0.6 is 0 Å². The second-order valence-corrected chi connectivity index (χ2v) is 7.67. The molecule has 1 aliphatic rings. The van der Waals surface area contributed by atoms with Crippen molar-refractivity contribution in [1.29, 1.82) is 0 Å². The standard InChI is InChI=1S/C16H18B3N5O3/c1-24-6-9(5-20-24)13(25)21-11-7-26-12-4-8(2-3-10(11)12)14-22-15(23-27-14)16(17,18)19/h2-6,11H,7,17-19H2,1H3,(H,21,25)/t11-/m1/s1. The van der Waals surface area contributed by atoms with Gasteiger partial charge in [0.2, 0.25) is 0 Å². The summed E-state index contributed by atoms with van der Waals surface area (Å²) >= 11 is 0. The van der Waals surface area contributed by atoms with Gasteiger partial charge in [0.1, 0.15) is 12.4 Å². The van der Waals surface area contributed by atoms with Gasteiger partial charge < -0.3 is 14.6 Å². The van der Waals surface area contributed by atoms with E-state index in [1.54, 1.807) is 17.9 Å². The number of benzene rings is 1. The first-order valence-corrected chi connectivity index (χ1v) is 8.72. The molecular formula is C16H18B3N5O3. The van der Waals surface area contributed by atoms with Gasteiger partial charge in [0, 0.05) is 24.4 Å². The fourth-order valence-electron chi connectivity index (χ4n) is 2.89. The summed E-state index contributed by atoms with van der Waals surface area (Å²) in [6.45, 7) is 0.377. The number of carbonyl (C=O) groups excluding carboxylic acids is 1. The highest BCUT2D eigenvalue weighted by Crippen LogP contribution is 2.35. The molecule has 2 aromatic heterocycles. The van der Waals surface area contributed by atoms with Gasteiger partial charge in [-0.25, -0.2) is 0 Å². The second kappa shape index (κ2) is 6.33. The van der Waals surface area contributed by atoms with Crippen LogP contribution < -0.4 is 10.1 Å². The van der Waals surface area contributed by atoms with E-state index in [1.165, 1.54) is 6.20 Å². The highest BCUT2D eigenvalue weighted by Gasteiger charge is 2.28. The first kappa shape index (κ1) is 17.4. The number of aryl methyl sites for hydroxylation is 1. The first-order valence-electron chi connectivity index (χ1n) is 8.72. The first-order chi connectivity index (χ1) is 12.8. The van der Waals surface area contributed by atoms with E-state index in [-0.39, 0.29) is 17.1 Å². The molecule has 1 aromatic carbocycles. The van der Waals surface area contributed by atoms with Gasteiger partial charge in [0.05, 0.1) is 41.3 Å². The van der Waals surface area contributed by atoms with Gasteiger partial charge in [0.25, 0.3) is 11.8 Å². The predicted octanol–water partition coefficient (Wildman–Crippen LogP) is -1.66. The topological polar surface area (TPSA) is 95.1 Å². The van der Waals surface area contributed by atoms with Crippen molar-refractivity contribution in [2.45, 2.75) is 11.2 Å². The summed E-state index contributed by atoms with van der Waals surface area (Å²) < 4.78 is 12.8. The molecule has 1 aliphatic heterocycles. The minimum atomic E-state index is -0.213. The molecule has 3 aromatic rings. The van der Waals surface area contributed by atoms with E-state index in [2.05, 4.69) is 20.6 Å². The van der Waals surface area contributed by atoms with Crippen molar-refractivity contribution in [3.05, 3.63) is 47.5 Å². The number of aromatic nitrogens is 4. The molecule has 0 saturated heterocycles. The Kier molecular flexibility index (Phi) is 4.09. The molecule has 0 fully saturated rings. The highest BCUT2D eigenvalue weighted by atomic mass is 16.5. The van der Waals surface area contributed by atoms with Crippen LogP contribution in [0.5, 0.6) is 5.75 Å². The molecule has 1 N–H and O–H groups in total. The van der Waals surface area contributed by atoms with E-state index in [9.17, 15) is 4.79 Å². The maximum atomic E-state index is 12.4. The number of nitrogens with one attached hydrogen (secondary N) is 1. The molecule has 0 bridgehead atoms. The third-order valence-corrected chi connectivity index (χ3v) is 4.41. The van der Waals surface area contributed by atoms with Crippen molar-refractivity contribution in [3.8, 4) is 17.2 Å². The SMILES string of the molecule is BC(B)(B)c1noc(-c2ccc3c(c2)OC[C@H]3NC(=O)c2cnn(C)c2)n1. The van der Waals surface area contributed by atoms with E-state index in [1.807, 2.05) is 41.7 Å². The molecular weight excluding hydrogens is 343 g/mol. The Labute approximate surface area is 158 Å². The van der Waals surface area contributed by atoms with E-state index >= 15 is 0 Å². The van der Waals surface area contributed by atoms with Crippen molar-refractivity contribution in [3.63, 3.8) is 0 Å². The number of hydrogen-bond donors (Lipinski definition) is 1. The number of rotatable bonds is 4. The molecule has 4 rings (SSSR count). The monoisotopic (exact) mass is 361 g/mol.